The molecule has 0 bridgehead atoms. The molecule has 370 valence electrons. The third-order valence-electron chi connectivity index (χ3n) is 11.8. The minimum Gasteiger partial charge on any atom is -0.462 e. The molecule has 6 nitrogen and oxygen atoms in total. The highest BCUT2D eigenvalue weighted by molar-refractivity contribution is 5.71. The van der Waals surface area contributed by atoms with Gasteiger partial charge in [0.1, 0.15) is 13.2 Å². The van der Waals surface area contributed by atoms with E-state index in [1.807, 2.05) is 0 Å². The summed E-state index contributed by atoms with van der Waals surface area (Å²) in [6.07, 6.45) is 64.9. The SMILES string of the molecule is CC/C=C\C/C=C\C/C=C\C/C=C\CCCCCC(=O)OC(COC(=O)CCCCCCCCC/C=C\CCCCCCCCCC)COC(=O)CCCCCCCCCCCCC. The first kappa shape index (κ1) is 61.1. The highest BCUT2D eigenvalue weighted by atomic mass is 16.6. The van der Waals surface area contributed by atoms with Crippen LogP contribution in [0.15, 0.2) is 60.8 Å². The quantitative estimate of drug-likeness (QED) is 0.0262. The number of hydrogen-bond acceptors (Lipinski definition) is 6. The van der Waals surface area contributed by atoms with Crippen LogP contribution in [0.25, 0.3) is 0 Å². The summed E-state index contributed by atoms with van der Waals surface area (Å²) in [4.78, 5) is 38.0. The first-order valence-corrected chi connectivity index (χ1v) is 27.3. The molecule has 0 saturated carbocycles. The highest BCUT2D eigenvalue weighted by Crippen LogP contribution is 2.15. The summed E-state index contributed by atoms with van der Waals surface area (Å²) >= 11 is 0. The molecule has 0 aliphatic heterocycles. The van der Waals surface area contributed by atoms with Crippen molar-refractivity contribution in [2.45, 2.75) is 277 Å². The van der Waals surface area contributed by atoms with Crippen molar-refractivity contribution >= 4 is 17.9 Å². The molecule has 0 radical (unpaired) electrons. The standard InChI is InChI=1S/C58H102O6/c1-4-7-10-13-16-19-22-24-26-28-29-30-32-33-36-39-42-45-48-51-57(60)63-54-55(53-62-56(59)50-47-44-41-38-35-21-18-15-12-9-6-3)64-58(61)52-49-46-43-40-37-34-31-27-25-23-20-17-14-11-8-5-2/h8,11,17,20,25,27-29,34,37,55H,4-7,9-10,12-16,18-19,21-24,26,30-33,35-36,38-54H2,1-3H3/b11-8-,20-17-,27-25-,29-28-,37-34-. The molecule has 1 atom stereocenters. The molecule has 1 unspecified atom stereocenters. The lowest BCUT2D eigenvalue weighted by Gasteiger charge is -2.18. The van der Waals surface area contributed by atoms with E-state index in [4.69, 9.17) is 14.2 Å². The van der Waals surface area contributed by atoms with Crippen molar-refractivity contribution < 1.29 is 28.6 Å². The van der Waals surface area contributed by atoms with E-state index in [1.54, 1.807) is 0 Å². The van der Waals surface area contributed by atoms with Crippen LogP contribution in [0.5, 0.6) is 0 Å². The van der Waals surface area contributed by atoms with Gasteiger partial charge in [-0.05, 0) is 83.5 Å². The normalized spacial score (nSPS) is 12.5. The summed E-state index contributed by atoms with van der Waals surface area (Å²) in [5.41, 5.74) is 0. The topological polar surface area (TPSA) is 78.9 Å². The van der Waals surface area contributed by atoms with Gasteiger partial charge in [0.05, 0.1) is 0 Å². The summed E-state index contributed by atoms with van der Waals surface area (Å²) in [7, 11) is 0. The number of hydrogen-bond donors (Lipinski definition) is 0. The Bertz CT molecular complexity index is 1170. The van der Waals surface area contributed by atoms with Crippen LogP contribution in [0.2, 0.25) is 0 Å². The zero-order valence-corrected chi connectivity index (χ0v) is 42.3. The summed E-state index contributed by atoms with van der Waals surface area (Å²) < 4.78 is 16.8. The zero-order chi connectivity index (χ0) is 46.5. The van der Waals surface area contributed by atoms with Gasteiger partial charge in [-0.15, -0.1) is 0 Å². The largest absolute Gasteiger partial charge is 0.462 e. The molecule has 0 aliphatic rings. The molecule has 0 spiro atoms. The smallest absolute Gasteiger partial charge is 0.306 e. The van der Waals surface area contributed by atoms with Gasteiger partial charge in [-0.2, -0.15) is 0 Å². The lowest BCUT2D eigenvalue weighted by atomic mass is 10.1. The molecule has 0 aromatic carbocycles. The molecule has 0 fully saturated rings. The molecule has 0 aliphatic carbocycles. The summed E-state index contributed by atoms with van der Waals surface area (Å²) in [5, 5.41) is 0. The first-order valence-electron chi connectivity index (χ1n) is 27.3. The van der Waals surface area contributed by atoms with Crippen LogP contribution in [0.1, 0.15) is 271 Å². The Hall–Kier alpha value is -2.89. The van der Waals surface area contributed by atoms with E-state index in [-0.39, 0.29) is 31.1 Å². The second kappa shape index (κ2) is 52.7. The van der Waals surface area contributed by atoms with E-state index in [0.717, 1.165) is 89.9 Å². The van der Waals surface area contributed by atoms with Crippen molar-refractivity contribution in [1.82, 2.24) is 0 Å². The molecule has 0 rings (SSSR count). The predicted octanol–water partition coefficient (Wildman–Crippen LogP) is 18.0. The van der Waals surface area contributed by atoms with E-state index < -0.39 is 6.10 Å². The Labute approximate surface area is 396 Å². The van der Waals surface area contributed by atoms with E-state index >= 15 is 0 Å². The first-order chi connectivity index (χ1) is 31.5. The third kappa shape index (κ3) is 50.1. The van der Waals surface area contributed by atoms with Crippen LogP contribution in [0, 0.1) is 0 Å². The Kier molecular flexibility index (Phi) is 50.4. The molecule has 0 saturated heterocycles. The van der Waals surface area contributed by atoms with Crippen LogP contribution >= 0.6 is 0 Å². The second-order valence-corrected chi connectivity index (χ2v) is 18.1. The Morgan fingerprint density at radius 3 is 0.984 bits per heavy atom. The maximum absolute atomic E-state index is 12.8. The highest BCUT2D eigenvalue weighted by Gasteiger charge is 2.19. The van der Waals surface area contributed by atoms with Crippen LogP contribution in [0.3, 0.4) is 0 Å². The van der Waals surface area contributed by atoms with Crippen molar-refractivity contribution in [1.29, 1.82) is 0 Å². The van der Waals surface area contributed by atoms with Gasteiger partial charge >= 0.3 is 17.9 Å². The molecule has 0 aromatic rings. The molecular weight excluding hydrogens is 793 g/mol. The minimum atomic E-state index is -0.790. The van der Waals surface area contributed by atoms with Crippen molar-refractivity contribution in [3.63, 3.8) is 0 Å². The Morgan fingerprint density at radius 1 is 0.328 bits per heavy atom. The fourth-order valence-corrected chi connectivity index (χ4v) is 7.66. The van der Waals surface area contributed by atoms with E-state index in [0.29, 0.717) is 19.3 Å². The third-order valence-corrected chi connectivity index (χ3v) is 11.8. The fourth-order valence-electron chi connectivity index (χ4n) is 7.66. The van der Waals surface area contributed by atoms with Crippen LogP contribution in [-0.2, 0) is 28.6 Å². The van der Waals surface area contributed by atoms with Crippen molar-refractivity contribution in [2.75, 3.05) is 13.2 Å². The van der Waals surface area contributed by atoms with Gasteiger partial charge in [-0.3, -0.25) is 14.4 Å². The molecule has 0 aromatic heterocycles. The van der Waals surface area contributed by atoms with Gasteiger partial charge in [0.15, 0.2) is 6.10 Å². The number of ether oxygens (including phenoxy) is 3. The maximum atomic E-state index is 12.8. The summed E-state index contributed by atoms with van der Waals surface area (Å²) in [6, 6.07) is 0. The Morgan fingerprint density at radius 2 is 0.609 bits per heavy atom. The predicted molar refractivity (Wildman–Crippen MR) is 275 cm³/mol. The van der Waals surface area contributed by atoms with E-state index in [9.17, 15) is 14.4 Å². The maximum Gasteiger partial charge on any atom is 0.306 e. The van der Waals surface area contributed by atoms with Gasteiger partial charge in [-0.25, -0.2) is 0 Å². The van der Waals surface area contributed by atoms with Gasteiger partial charge < -0.3 is 14.2 Å². The van der Waals surface area contributed by atoms with Crippen molar-refractivity contribution in [3.05, 3.63) is 60.8 Å². The molecule has 0 amide bonds. The second-order valence-electron chi connectivity index (χ2n) is 18.1. The monoisotopic (exact) mass is 895 g/mol. The van der Waals surface area contributed by atoms with Crippen molar-refractivity contribution in [2.24, 2.45) is 0 Å². The van der Waals surface area contributed by atoms with Crippen molar-refractivity contribution in [3.8, 4) is 0 Å². The van der Waals surface area contributed by atoms with Gasteiger partial charge in [0.25, 0.3) is 0 Å². The lowest BCUT2D eigenvalue weighted by Crippen LogP contribution is -2.30. The average molecular weight is 895 g/mol. The number of carbonyl (C=O) groups is 3. The number of allylic oxidation sites excluding steroid dienone is 10. The number of esters is 3. The molecule has 64 heavy (non-hydrogen) atoms. The van der Waals surface area contributed by atoms with Crippen LogP contribution < -0.4 is 0 Å². The number of unbranched alkanes of at least 4 members (excludes halogenated alkanes) is 28. The van der Waals surface area contributed by atoms with Crippen LogP contribution in [-0.4, -0.2) is 37.2 Å². The van der Waals surface area contributed by atoms with E-state index in [1.165, 1.54) is 141 Å². The minimum absolute atomic E-state index is 0.0865. The van der Waals surface area contributed by atoms with E-state index in [2.05, 4.69) is 81.5 Å². The fraction of sp³-hybridized carbons (Fsp3) is 0.776. The van der Waals surface area contributed by atoms with Gasteiger partial charge in [0, 0.05) is 19.3 Å². The van der Waals surface area contributed by atoms with Gasteiger partial charge in [0.2, 0.25) is 0 Å². The molecular formula is C58H102O6. The molecule has 0 heterocycles. The van der Waals surface area contributed by atoms with Crippen LogP contribution in [0.4, 0.5) is 0 Å². The number of carbonyl (C=O) groups excluding carboxylic acids is 3. The summed E-state index contributed by atoms with van der Waals surface area (Å²) in [5.74, 6) is -0.916. The Balaban J connectivity index is 4.38. The number of rotatable bonds is 49. The zero-order valence-electron chi connectivity index (χ0n) is 42.3. The average Bonchev–Trinajstić information content (AvgIpc) is 3.29. The summed E-state index contributed by atoms with van der Waals surface area (Å²) in [6.45, 7) is 6.50. The molecule has 0 N–H and O–H groups in total. The van der Waals surface area contributed by atoms with Gasteiger partial charge in [-0.1, -0.05) is 229 Å². The lowest BCUT2D eigenvalue weighted by molar-refractivity contribution is -0.167. The molecule has 6 heteroatoms.